The van der Waals surface area contributed by atoms with Crippen LogP contribution in [0.5, 0.6) is 5.75 Å². The average molecular weight is 472 g/mol. The van der Waals surface area contributed by atoms with Crippen molar-refractivity contribution in [2.24, 2.45) is 10.3 Å². The van der Waals surface area contributed by atoms with Crippen LogP contribution in [0.2, 0.25) is 0 Å². The first kappa shape index (κ1) is 23.9. The van der Waals surface area contributed by atoms with Gasteiger partial charge >= 0.3 is 5.97 Å². The minimum absolute atomic E-state index is 0.0662. The lowest BCUT2D eigenvalue weighted by Crippen LogP contribution is -2.25. The highest BCUT2D eigenvalue weighted by Gasteiger charge is 2.28. The van der Waals surface area contributed by atoms with Crippen LogP contribution < -0.4 is 4.74 Å². The number of carbonyl (C=O) groups excluding carboxylic acids is 1. The van der Waals surface area contributed by atoms with Crippen LogP contribution in [-0.2, 0) is 16.2 Å². The maximum Gasteiger partial charge on any atom is 0.358 e. The topological polar surface area (TPSA) is 63.5 Å². The minimum Gasteiger partial charge on any atom is -0.489 e. The van der Waals surface area contributed by atoms with Crippen molar-refractivity contribution in [3.63, 3.8) is 0 Å². The Bertz CT molecular complexity index is 1240. The van der Waals surface area contributed by atoms with Gasteiger partial charge in [-0.3, -0.25) is 0 Å². The Labute approximate surface area is 204 Å². The molecule has 7 heteroatoms. The second-order valence-electron chi connectivity index (χ2n) is 8.18. The minimum atomic E-state index is -0.563. The first-order chi connectivity index (χ1) is 17.0. The highest BCUT2D eigenvalue weighted by Crippen LogP contribution is 2.32. The van der Waals surface area contributed by atoms with Crippen molar-refractivity contribution < 1.29 is 18.8 Å². The van der Waals surface area contributed by atoms with Gasteiger partial charge in [0, 0.05) is 18.2 Å². The molecule has 1 unspecified atom stereocenters. The predicted octanol–water partition coefficient (Wildman–Crippen LogP) is 6.12. The smallest absolute Gasteiger partial charge is 0.358 e. The van der Waals surface area contributed by atoms with Gasteiger partial charge in [-0.1, -0.05) is 59.8 Å². The number of hydrogen-bond acceptors (Lipinski definition) is 5. The van der Waals surface area contributed by atoms with Crippen molar-refractivity contribution in [2.45, 2.75) is 32.9 Å². The fourth-order valence-electron chi connectivity index (χ4n) is 3.66. The molecular weight excluding hydrogens is 445 g/mol. The van der Waals surface area contributed by atoms with Crippen LogP contribution in [0.15, 0.2) is 95.2 Å². The Morgan fingerprint density at radius 2 is 1.80 bits per heavy atom. The number of nitrogens with zero attached hydrogens (tertiary/aromatic N) is 3. The number of ether oxygens (including phenoxy) is 1. The summed E-state index contributed by atoms with van der Waals surface area (Å²) in [5.41, 5.74) is 3.78. The molecule has 4 rings (SSSR count). The Kier molecular flexibility index (Phi) is 7.67. The maximum absolute atomic E-state index is 13.1. The van der Waals surface area contributed by atoms with E-state index in [0.717, 1.165) is 28.8 Å². The molecule has 0 aliphatic carbocycles. The molecule has 1 heterocycles. The molecule has 0 N–H and O–H groups in total. The van der Waals surface area contributed by atoms with Gasteiger partial charge in [-0.05, 0) is 60.9 Å². The molecule has 0 amide bonds. The molecule has 0 radical (unpaired) electrons. The van der Waals surface area contributed by atoms with Crippen LogP contribution in [0.1, 0.15) is 43.0 Å². The van der Waals surface area contributed by atoms with Gasteiger partial charge in [-0.2, -0.15) is 5.10 Å². The summed E-state index contributed by atoms with van der Waals surface area (Å²) < 4.78 is 18.9. The van der Waals surface area contributed by atoms with Crippen molar-refractivity contribution in [3.05, 3.63) is 107 Å². The zero-order valence-electron chi connectivity index (χ0n) is 19.6. The fraction of sp³-hybridized carbons (Fsp3) is 0.179. The largest absolute Gasteiger partial charge is 0.489 e. The van der Waals surface area contributed by atoms with E-state index in [9.17, 15) is 9.18 Å². The van der Waals surface area contributed by atoms with Crippen molar-refractivity contribution in [2.75, 3.05) is 0 Å². The molecule has 1 aliphatic heterocycles. The average Bonchev–Trinajstić information content (AvgIpc) is 3.28. The van der Waals surface area contributed by atoms with E-state index in [1.165, 1.54) is 18.2 Å². The summed E-state index contributed by atoms with van der Waals surface area (Å²) in [5.74, 6) is 0.357. The molecular formula is C28H26FN3O3. The van der Waals surface area contributed by atoms with Gasteiger partial charge in [0.25, 0.3) is 0 Å². The molecule has 6 nitrogen and oxygen atoms in total. The van der Waals surface area contributed by atoms with Gasteiger partial charge in [0.05, 0.1) is 6.04 Å². The molecule has 0 saturated heterocycles. The molecule has 3 aromatic rings. The molecule has 0 bridgehead atoms. The zero-order valence-corrected chi connectivity index (χ0v) is 19.6. The van der Waals surface area contributed by atoms with Crippen LogP contribution in [0.4, 0.5) is 4.39 Å². The lowest BCUT2D eigenvalue weighted by molar-refractivity contribution is -0.137. The third-order valence-electron chi connectivity index (χ3n) is 5.46. The van der Waals surface area contributed by atoms with Gasteiger partial charge < -0.3 is 9.57 Å². The number of hydrazone groups is 1. The van der Waals surface area contributed by atoms with Gasteiger partial charge in [-0.15, -0.1) is 0 Å². The van der Waals surface area contributed by atoms with Gasteiger partial charge in [0.15, 0.2) is 5.84 Å². The summed E-state index contributed by atoms with van der Waals surface area (Å²) in [4.78, 5) is 17.1. The van der Waals surface area contributed by atoms with E-state index in [1.807, 2.05) is 61.5 Å². The Balaban J connectivity index is 1.37. The van der Waals surface area contributed by atoms with Gasteiger partial charge in [-0.25, -0.2) is 14.2 Å². The lowest BCUT2D eigenvalue weighted by Gasteiger charge is -2.23. The van der Waals surface area contributed by atoms with Gasteiger partial charge in [0.2, 0.25) is 0 Å². The summed E-state index contributed by atoms with van der Waals surface area (Å²) in [7, 11) is 0. The summed E-state index contributed by atoms with van der Waals surface area (Å²) in [6, 6.07) is 23.4. The molecule has 0 saturated carbocycles. The Hall–Kier alpha value is -4.26. The molecule has 1 atom stereocenters. The normalized spacial score (nSPS) is 15.9. The predicted molar refractivity (Wildman–Crippen MR) is 134 cm³/mol. The SMILES string of the molecule is CC1=NN(/C(C)=N\OC(=O)/C=C/c2ccccc2)C(c2ccc(OCc3ccc(F)cc3)cc2)C1. The Morgan fingerprint density at radius 1 is 1.09 bits per heavy atom. The first-order valence-corrected chi connectivity index (χ1v) is 11.3. The van der Waals surface area contributed by atoms with Crippen LogP contribution >= 0.6 is 0 Å². The Morgan fingerprint density at radius 3 is 2.51 bits per heavy atom. The second kappa shape index (κ2) is 11.2. The summed E-state index contributed by atoms with van der Waals surface area (Å²) in [5, 5.41) is 10.3. The third-order valence-corrected chi connectivity index (χ3v) is 5.46. The van der Waals surface area contributed by atoms with Gasteiger partial charge in [0.1, 0.15) is 18.2 Å². The van der Waals surface area contributed by atoms with E-state index >= 15 is 0 Å². The van der Waals surface area contributed by atoms with E-state index in [-0.39, 0.29) is 11.9 Å². The zero-order chi connectivity index (χ0) is 24.6. The van der Waals surface area contributed by atoms with E-state index < -0.39 is 5.97 Å². The number of amidine groups is 1. The quantitative estimate of drug-likeness (QED) is 0.137. The first-order valence-electron chi connectivity index (χ1n) is 11.3. The van der Waals surface area contributed by atoms with E-state index in [0.29, 0.717) is 18.2 Å². The van der Waals surface area contributed by atoms with Crippen molar-refractivity contribution in [1.82, 2.24) is 5.01 Å². The number of benzene rings is 3. The second-order valence-corrected chi connectivity index (χ2v) is 8.18. The number of halogens is 1. The molecule has 178 valence electrons. The molecule has 0 spiro atoms. The lowest BCUT2D eigenvalue weighted by atomic mass is 10.0. The molecule has 0 fully saturated rings. The third kappa shape index (κ3) is 6.63. The maximum atomic E-state index is 13.1. The molecule has 35 heavy (non-hydrogen) atoms. The molecule has 1 aliphatic rings. The fourth-order valence-corrected chi connectivity index (χ4v) is 3.66. The van der Waals surface area contributed by atoms with Crippen LogP contribution in [0, 0.1) is 5.82 Å². The van der Waals surface area contributed by atoms with Crippen molar-refractivity contribution in [3.8, 4) is 5.75 Å². The monoisotopic (exact) mass is 471 g/mol. The standard InChI is InChI=1S/C28H26FN3O3/c1-20-18-27(24-11-15-26(16-12-24)34-19-23-8-13-25(29)14-9-23)32(30-20)21(2)31-35-28(33)17-10-22-6-4-3-5-7-22/h3-17,27H,18-19H2,1-2H3/b17-10+,31-21-. The van der Waals surface area contributed by atoms with E-state index in [1.54, 1.807) is 30.1 Å². The number of rotatable bonds is 7. The molecule has 0 aromatic heterocycles. The van der Waals surface area contributed by atoms with E-state index in [2.05, 4.69) is 10.3 Å². The highest BCUT2D eigenvalue weighted by molar-refractivity contribution is 5.91. The summed E-state index contributed by atoms with van der Waals surface area (Å²) in [6.07, 6.45) is 3.74. The summed E-state index contributed by atoms with van der Waals surface area (Å²) >= 11 is 0. The number of hydrogen-bond donors (Lipinski definition) is 0. The van der Waals surface area contributed by atoms with Crippen molar-refractivity contribution in [1.29, 1.82) is 0 Å². The number of oxime groups is 1. The van der Waals surface area contributed by atoms with Crippen LogP contribution in [-0.4, -0.2) is 22.5 Å². The van der Waals surface area contributed by atoms with Crippen LogP contribution in [0.3, 0.4) is 0 Å². The number of carbonyl (C=O) groups is 1. The summed E-state index contributed by atoms with van der Waals surface area (Å²) in [6.45, 7) is 4.06. The van der Waals surface area contributed by atoms with E-state index in [4.69, 9.17) is 9.57 Å². The highest BCUT2D eigenvalue weighted by atomic mass is 19.1. The van der Waals surface area contributed by atoms with Crippen LogP contribution in [0.25, 0.3) is 6.08 Å². The molecule has 3 aromatic carbocycles. The van der Waals surface area contributed by atoms with Crippen molar-refractivity contribution >= 4 is 23.6 Å².